The van der Waals surface area contributed by atoms with E-state index in [9.17, 15) is 19.2 Å². The Morgan fingerprint density at radius 3 is 2.40 bits per heavy atom. The van der Waals surface area contributed by atoms with Crippen molar-refractivity contribution in [1.82, 2.24) is 18.7 Å². The molecule has 2 aromatic carbocycles. The lowest BCUT2D eigenvalue weighted by Crippen LogP contribution is -2.51. The Morgan fingerprint density at radius 2 is 1.76 bits per heavy atom. The number of nitrogens with one attached hydrogen (secondary N) is 2. The summed E-state index contributed by atoms with van der Waals surface area (Å²) in [6, 6.07) is 9.95. The smallest absolute Gasteiger partial charge is 0.410 e. The summed E-state index contributed by atoms with van der Waals surface area (Å²) >= 11 is 1.13. The number of benzene rings is 2. The molecule has 6 rings (SSSR count). The second-order valence-electron chi connectivity index (χ2n) is 11.9. The molecular weight excluding hydrogens is 561 g/mol. The third-order valence-electron chi connectivity index (χ3n) is 7.50. The SMILES string of the molecule is CC(C)(C)OC(=O)N1CCN(CC(=O)Nc2ccc(-c3cc4c(cc3F)c(=O)c3c(=O)[nH]sc3n4C3CC3)cc2)CC1. The molecule has 1 saturated heterocycles. The first-order valence-corrected chi connectivity index (χ1v) is 14.8. The summed E-state index contributed by atoms with van der Waals surface area (Å²) in [7, 11) is 0. The van der Waals surface area contributed by atoms with Crippen molar-refractivity contribution < 1.29 is 18.7 Å². The van der Waals surface area contributed by atoms with Crippen LogP contribution < -0.4 is 16.3 Å². The van der Waals surface area contributed by atoms with Crippen molar-refractivity contribution in [3.8, 4) is 11.1 Å². The van der Waals surface area contributed by atoms with Gasteiger partial charge in [0, 0.05) is 48.9 Å². The van der Waals surface area contributed by atoms with E-state index in [1.54, 1.807) is 35.2 Å². The average Bonchev–Trinajstić information content (AvgIpc) is 3.70. The Morgan fingerprint density at radius 1 is 1.07 bits per heavy atom. The highest BCUT2D eigenvalue weighted by Gasteiger charge is 2.30. The van der Waals surface area contributed by atoms with Crippen LogP contribution in [-0.2, 0) is 9.53 Å². The van der Waals surface area contributed by atoms with Crippen LogP contribution in [0.5, 0.6) is 0 Å². The quantitative estimate of drug-likeness (QED) is 0.351. The van der Waals surface area contributed by atoms with Crippen LogP contribution >= 0.6 is 11.5 Å². The third kappa shape index (κ3) is 5.56. The summed E-state index contributed by atoms with van der Waals surface area (Å²) in [5, 5.41) is 3.15. The number of anilines is 1. The van der Waals surface area contributed by atoms with Crippen molar-refractivity contribution in [3.05, 3.63) is 62.8 Å². The zero-order chi connectivity index (χ0) is 29.8. The summed E-state index contributed by atoms with van der Waals surface area (Å²) in [5.41, 5.74) is 0.649. The summed E-state index contributed by atoms with van der Waals surface area (Å²) in [6.45, 7) is 7.76. The van der Waals surface area contributed by atoms with Gasteiger partial charge in [0.05, 0.1) is 12.1 Å². The van der Waals surface area contributed by atoms with Gasteiger partial charge >= 0.3 is 6.09 Å². The van der Waals surface area contributed by atoms with Crippen LogP contribution in [0.15, 0.2) is 46.0 Å². The fourth-order valence-corrected chi connectivity index (χ4v) is 6.24. The van der Waals surface area contributed by atoms with Gasteiger partial charge in [-0.2, -0.15) is 0 Å². The van der Waals surface area contributed by atoms with Gasteiger partial charge in [-0.1, -0.05) is 12.1 Å². The van der Waals surface area contributed by atoms with Gasteiger partial charge in [-0.05, 0) is 75.0 Å². The average molecular weight is 594 g/mol. The van der Waals surface area contributed by atoms with Crippen molar-refractivity contribution in [2.45, 2.75) is 45.3 Å². The Balaban J connectivity index is 1.15. The fraction of sp³-hybridized carbons (Fsp3) is 0.400. The molecule has 1 aliphatic heterocycles. The Labute approximate surface area is 244 Å². The molecule has 10 nitrogen and oxygen atoms in total. The number of piperazine rings is 1. The van der Waals surface area contributed by atoms with Crippen LogP contribution in [0.1, 0.15) is 39.7 Å². The number of H-pyrrole nitrogens is 1. The molecule has 0 radical (unpaired) electrons. The van der Waals surface area contributed by atoms with Crippen LogP contribution in [0.3, 0.4) is 0 Å². The second-order valence-corrected chi connectivity index (χ2v) is 12.7. The van der Waals surface area contributed by atoms with Gasteiger partial charge in [-0.25, -0.2) is 9.18 Å². The molecular formula is C30H32FN5O5S. The standard InChI is InChI=1S/C30H32FN5O5S/c1-30(2,3)41-29(40)35-12-10-34(11-13-35)16-24(37)32-18-6-4-17(5-7-18)20-15-23-21(14-22(20)31)26(38)25-27(39)33-42-28(25)36(23)19-8-9-19/h4-7,14-15,19H,8-13,16H2,1-3H3,(H,32,37)(H,33,39). The second kappa shape index (κ2) is 10.7. The van der Waals surface area contributed by atoms with E-state index in [0.717, 1.165) is 24.4 Å². The third-order valence-corrected chi connectivity index (χ3v) is 8.38. The summed E-state index contributed by atoms with van der Waals surface area (Å²) in [5.74, 6) is -0.747. The van der Waals surface area contributed by atoms with Gasteiger partial charge in [-0.3, -0.25) is 23.7 Å². The first-order chi connectivity index (χ1) is 20.0. The molecule has 12 heteroatoms. The lowest BCUT2D eigenvalue weighted by Gasteiger charge is -2.35. The van der Waals surface area contributed by atoms with Gasteiger partial charge < -0.3 is 19.5 Å². The zero-order valence-corrected chi connectivity index (χ0v) is 24.5. The molecule has 0 bridgehead atoms. The number of nitrogens with zero attached hydrogens (tertiary/aromatic N) is 3. The van der Waals surface area contributed by atoms with E-state index in [4.69, 9.17) is 4.74 Å². The Kier molecular flexibility index (Phi) is 7.14. The predicted molar refractivity (Wildman–Crippen MR) is 161 cm³/mol. The number of carbonyl (C=O) groups excluding carboxylic acids is 2. The predicted octanol–water partition coefficient (Wildman–Crippen LogP) is 4.54. The lowest BCUT2D eigenvalue weighted by molar-refractivity contribution is -0.117. The molecule has 2 aliphatic rings. The van der Waals surface area contributed by atoms with Crippen LogP contribution in [0.25, 0.3) is 32.2 Å². The minimum absolute atomic E-state index is 0.0802. The van der Waals surface area contributed by atoms with E-state index in [1.165, 1.54) is 6.07 Å². The van der Waals surface area contributed by atoms with Crippen LogP contribution in [0.2, 0.25) is 0 Å². The number of rotatable bonds is 5. The monoisotopic (exact) mass is 593 g/mol. The van der Waals surface area contributed by atoms with Gasteiger partial charge in [0.25, 0.3) is 5.56 Å². The van der Waals surface area contributed by atoms with Crippen molar-refractivity contribution >= 4 is 50.3 Å². The Bertz CT molecular complexity index is 1810. The summed E-state index contributed by atoms with van der Waals surface area (Å²) in [6.07, 6.45) is 1.51. The highest BCUT2D eigenvalue weighted by Crippen LogP contribution is 2.41. The fourth-order valence-electron chi connectivity index (χ4n) is 5.32. The number of hydrogen-bond donors (Lipinski definition) is 2. The topological polar surface area (TPSA) is 117 Å². The number of halogens is 1. The van der Waals surface area contributed by atoms with Crippen molar-refractivity contribution in [2.75, 3.05) is 38.0 Å². The molecule has 2 N–H and O–H groups in total. The highest BCUT2D eigenvalue weighted by atomic mass is 32.1. The molecule has 4 aromatic rings. The first kappa shape index (κ1) is 28.1. The lowest BCUT2D eigenvalue weighted by atomic mass is 10.0. The molecule has 1 saturated carbocycles. The number of ether oxygens (including phenoxy) is 1. The van der Waals surface area contributed by atoms with Crippen LogP contribution in [-0.4, -0.2) is 69.1 Å². The molecule has 2 amide bonds. The number of amides is 2. The number of pyridine rings is 1. The molecule has 0 unspecified atom stereocenters. The molecule has 2 aromatic heterocycles. The first-order valence-electron chi connectivity index (χ1n) is 14.0. The minimum Gasteiger partial charge on any atom is -0.444 e. The van der Waals surface area contributed by atoms with E-state index in [1.807, 2.05) is 30.2 Å². The molecule has 3 heterocycles. The number of aromatic nitrogens is 2. The molecule has 1 aliphatic carbocycles. The number of aromatic amines is 1. The molecule has 42 heavy (non-hydrogen) atoms. The number of fused-ring (bicyclic) bond motifs is 2. The van der Waals surface area contributed by atoms with E-state index >= 15 is 4.39 Å². The molecule has 2 fully saturated rings. The summed E-state index contributed by atoms with van der Waals surface area (Å²) < 4.78 is 25.4. The number of carbonyl (C=O) groups is 2. The largest absolute Gasteiger partial charge is 0.444 e. The van der Waals surface area contributed by atoms with Crippen LogP contribution in [0.4, 0.5) is 14.9 Å². The maximum absolute atomic E-state index is 15.4. The highest BCUT2D eigenvalue weighted by molar-refractivity contribution is 7.12. The van der Waals surface area contributed by atoms with Crippen molar-refractivity contribution in [1.29, 1.82) is 0 Å². The number of hydrogen-bond acceptors (Lipinski definition) is 7. The van der Waals surface area contributed by atoms with Crippen molar-refractivity contribution in [3.63, 3.8) is 0 Å². The maximum atomic E-state index is 15.4. The van der Waals surface area contributed by atoms with Crippen molar-refractivity contribution in [2.24, 2.45) is 0 Å². The van der Waals surface area contributed by atoms with Gasteiger partial charge in [0.2, 0.25) is 11.3 Å². The van der Waals surface area contributed by atoms with Gasteiger partial charge in [0.1, 0.15) is 21.6 Å². The molecule has 0 atom stereocenters. The van der Waals surface area contributed by atoms with Gasteiger partial charge in [0.15, 0.2) is 0 Å². The summed E-state index contributed by atoms with van der Waals surface area (Å²) in [4.78, 5) is 54.6. The van der Waals surface area contributed by atoms with E-state index in [-0.39, 0.29) is 35.4 Å². The minimum atomic E-state index is -0.560. The van der Waals surface area contributed by atoms with E-state index in [0.29, 0.717) is 53.3 Å². The van der Waals surface area contributed by atoms with E-state index < -0.39 is 22.4 Å². The van der Waals surface area contributed by atoms with Gasteiger partial charge in [-0.15, -0.1) is 0 Å². The molecule has 220 valence electrons. The maximum Gasteiger partial charge on any atom is 0.410 e. The van der Waals surface area contributed by atoms with Crippen LogP contribution in [0, 0.1) is 5.82 Å². The Hall–Kier alpha value is -4.03. The zero-order valence-electron chi connectivity index (χ0n) is 23.7. The van der Waals surface area contributed by atoms with E-state index in [2.05, 4.69) is 9.69 Å². The normalized spacial score (nSPS) is 16.2. The molecule has 0 spiro atoms.